The van der Waals surface area contributed by atoms with Crippen LogP contribution < -0.4 is 0 Å². The van der Waals surface area contributed by atoms with Gasteiger partial charge in [0.25, 0.3) is 0 Å². The summed E-state index contributed by atoms with van der Waals surface area (Å²) in [5, 5.41) is 0.730. The second kappa shape index (κ2) is 3.51. The van der Waals surface area contributed by atoms with Crippen molar-refractivity contribution in [1.29, 1.82) is 0 Å². The van der Waals surface area contributed by atoms with Crippen LogP contribution in [0.3, 0.4) is 0 Å². The summed E-state index contributed by atoms with van der Waals surface area (Å²) in [5.41, 5.74) is 1.16. The van der Waals surface area contributed by atoms with Gasteiger partial charge in [-0.05, 0) is 46.3 Å². The summed E-state index contributed by atoms with van der Waals surface area (Å²) in [6.45, 7) is 2.00. The van der Waals surface area contributed by atoms with E-state index in [1.165, 1.54) is 11.0 Å². The van der Waals surface area contributed by atoms with Crippen LogP contribution in [0.4, 0.5) is 0 Å². The van der Waals surface area contributed by atoms with Crippen molar-refractivity contribution >= 4 is 33.3 Å². The molecule has 0 saturated carbocycles. The number of hydrogen-bond donors (Lipinski definition) is 0. The van der Waals surface area contributed by atoms with Crippen molar-refractivity contribution in [3.8, 4) is 0 Å². The van der Waals surface area contributed by atoms with Crippen molar-refractivity contribution in [1.82, 2.24) is 0 Å². The van der Waals surface area contributed by atoms with Crippen molar-refractivity contribution in [2.75, 3.05) is 0 Å². The zero-order chi connectivity index (χ0) is 7.56. The van der Waals surface area contributed by atoms with Crippen molar-refractivity contribution in [3.05, 3.63) is 28.8 Å². The van der Waals surface area contributed by atoms with Crippen LogP contribution in [0.15, 0.2) is 23.1 Å². The lowest BCUT2D eigenvalue weighted by Crippen LogP contribution is -1.75. The van der Waals surface area contributed by atoms with E-state index in [0.29, 0.717) is 0 Å². The number of benzene rings is 1. The van der Waals surface area contributed by atoms with Gasteiger partial charge < -0.3 is 0 Å². The molecule has 0 aliphatic carbocycles. The first kappa shape index (κ1) is 8.25. The molecule has 0 radical (unpaired) electrons. The van der Waals surface area contributed by atoms with Crippen LogP contribution in [0.5, 0.6) is 0 Å². The summed E-state index contributed by atoms with van der Waals surface area (Å²) in [7, 11) is 6.76. The fourth-order valence-corrected chi connectivity index (χ4v) is 1.75. The minimum atomic E-state index is 0.730. The van der Waals surface area contributed by atoms with Gasteiger partial charge in [0.05, 0.1) is 0 Å². The summed E-state index contributed by atoms with van der Waals surface area (Å²) in [5.74, 6) is 0. The van der Waals surface area contributed by atoms with E-state index in [1.54, 1.807) is 0 Å². The first-order valence-corrected chi connectivity index (χ1v) is 4.81. The maximum Gasteiger partial charge on any atom is 0.0417 e. The predicted octanol–water partition coefficient (Wildman–Crippen LogP) is 3.89. The molecule has 0 amide bonds. The fraction of sp³-hybridized carbons (Fsp3) is 0.143. The molecular formula is C7H6Cl2S. The molecule has 0 atom stereocenters. The van der Waals surface area contributed by atoms with Crippen molar-refractivity contribution in [2.45, 2.75) is 11.8 Å². The highest BCUT2D eigenvalue weighted by atomic mass is 35.7. The Morgan fingerprint density at radius 2 is 2.10 bits per heavy atom. The summed E-state index contributed by atoms with van der Waals surface area (Å²) in [4.78, 5) is 1.02. The minimum Gasteiger partial charge on any atom is -0.0843 e. The van der Waals surface area contributed by atoms with Crippen LogP contribution in [-0.4, -0.2) is 0 Å². The third-order valence-corrected chi connectivity index (χ3v) is 2.57. The first-order valence-electron chi connectivity index (χ1n) is 2.79. The largest absolute Gasteiger partial charge is 0.0843 e. The van der Waals surface area contributed by atoms with Gasteiger partial charge in [0, 0.05) is 9.92 Å². The Labute approximate surface area is 74.0 Å². The van der Waals surface area contributed by atoms with E-state index in [1.807, 2.05) is 25.1 Å². The molecule has 0 N–H and O–H groups in total. The molecule has 0 fully saturated rings. The van der Waals surface area contributed by atoms with Gasteiger partial charge in [-0.15, -0.1) is 0 Å². The standard InChI is InChI=1S/C7H6Cl2S/c1-5-2-3-6(8)4-7(5)10-9/h2-4H,1H3. The molecule has 0 heterocycles. The lowest BCUT2D eigenvalue weighted by atomic mass is 10.2. The zero-order valence-corrected chi connectivity index (χ0v) is 7.72. The fourth-order valence-electron chi connectivity index (χ4n) is 0.657. The smallest absolute Gasteiger partial charge is 0.0417 e. The molecule has 0 saturated heterocycles. The van der Waals surface area contributed by atoms with Crippen LogP contribution >= 0.6 is 33.3 Å². The Morgan fingerprint density at radius 1 is 1.40 bits per heavy atom. The van der Waals surface area contributed by atoms with E-state index in [-0.39, 0.29) is 0 Å². The molecule has 1 aromatic carbocycles. The normalized spacial score (nSPS) is 9.90. The van der Waals surface area contributed by atoms with E-state index in [0.717, 1.165) is 15.5 Å². The lowest BCUT2D eigenvalue weighted by Gasteiger charge is -1.98. The predicted molar refractivity (Wildman–Crippen MR) is 47.9 cm³/mol. The molecule has 0 nitrogen and oxygen atoms in total. The van der Waals surface area contributed by atoms with Crippen molar-refractivity contribution in [2.24, 2.45) is 0 Å². The van der Waals surface area contributed by atoms with Crippen LogP contribution in [0.25, 0.3) is 0 Å². The highest BCUT2D eigenvalue weighted by Gasteiger charge is 1.96. The van der Waals surface area contributed by atoms with Crippen LogP contribution in [0.2, 0.25) is 5.02 Å². The van der Waals surface area contributed by atoms with Gasteiger partial charge in [-0.1, -0.05) is 17.7 Å². The van der Waals surface area contributed by atoms with E-state index < -0.39 is 0 Å². The monoisotopic (exact) mass is 192 g/mol. The number of aryl methyl sites for hydroxylation is 1. The molecule has 3 heteroatoms. The maximum absolute atomic E-state index is 5.72. The summed E-state index contributed by atoms with van der Waals surface area (Å²) < 4.78 is 0. The third-order valence-electron chi connectivity index (χ3n) is 1.23. The molecule has 1 aromatic rings. The Bertz CT molecular complexity index is 235. The van der Waals surface area contributed by atoms with Gasteiger partial charge in [-0.3, -0.25) is 0 Å². The van der Waals surface area contributed by atoms with E-state index in [9.17, 15) is 0 Å². The Morgan fingerprint density at radius 3 is 2.60 bits per heavy atom. The Kier molecular flexibility index (Phi) is 2.90. The van der Waals surface area contributed by atoms with Gasteiger partial charge in [0.15, 0.2) is 0 Å². The zero-order valence-electron chi connectivity index (χ0n) is 5.40. The average Bonchev–Trinajstić information content (AvgIpc) is 1.94. The number of hydrogen-bond acceptors (Lipinski definition) is 1. The second-order valence-electron chi connectivity index (χ2n) is 1.99. The third kappa shape index (κ3) is 1.82. The summed E-state index contributed by atoms with van der Waals surface area (Å²) in [6.07, 6.45) is 0. The van der Waals surface area contributed by atoms with Gasteiger partial charge in [-0.25, -0.2) is 0 Å². The first-order chi connectivity index (χ1) is 4.74. The van der Waals surface area contributed by atoms with Gasteiger partial charge >= 0.3 is 0 Å². The minimum absolute atomic E-state index is 0.730. The molecule has 0 aliphatic rings. The molecule has 10 heavy (non-hydrogen) atoms. The van der Waals surface area contributed by atoms with E-state index >= 15 is 0 Å². The average molecular weight is 193 g/mol. The molecule has 0 bridgehead atoms. The molecule has 0 aromatic heterocycles. The molecule has 54 valence electrons. The number of rotatable bonds is 1. The Hall–Kier alpha value is 0.150. The van der Waals surface area contributed by atoms with Crippen LogP contribution in [0.1, 0.15) is 5.56 Å². The molecular weight excluding hydrogens is 187 g/mol. The second-order valence-corrected chi connectivity index (χ2v) is 3.48. The van der Waals surface area contributed by atoms with Crippen molar-refractivity contribution in [3.63, 3.8) is 0 Å². The molecule has 0 unspecified atom stereocenters. The van der Waals surface area contributed by atoms with Gasteiger partial charge in [0.2, 0.25) is 0 Å². The quantitative estimate of drug-likeness (QED) is 0.651. The highest BCUT2D eigenvalue weighted by molar-refractivity contribution is 8.21. The van der Waals surface area contributed by atoms with Gasteiger partial charge in [0.1, 0.15) is 0 Å². The van der Waals surface area contributed by atoms with E-state index in [4.69, 9.17) is 22.3 Å². The Balaban J connectivity index is 3.09. The topological polar surface area (TPSA) is 0 Å². The SMILES string of the molecule is Cc1ccc(Cl)cc1SCl. The molecule has 0 spiro atoms. The molecule has 0 aliphatic heterocycles. The van der Waals surface area contributed by atoms with Crippen LogP contribution in [0, 0.1) is 6.92 Å². The highest BCUT2D eigenvalue weighted by Crippen LogP contribution is 2.27. The van der Waals surface area contributed by atoms with Crippen LogP contribution in [-0.2, 0) is 0 Å². The van der Waals surface area contributed by atoms with Crippen molar-refractivity contribution < 1.29 is 0 Å². The van der Waals surface area contributed by atoms with Gasteiger partial charge in [-0.2, -0.15) is 0 Å². The summed E-state index contributed by atoms with van der Waals surface area (Å²) >= 11 is 5.72. The lowest BCUT2D eigenvalue weighted by molar-refractivity contribution is 1.31. The summed E-state index contributed by atoms with van der Waals surface area (Å²) in [6, 6.07) is 5.66. The molecule has 1 rings (SSSR count). The van der Waals surface area contributed by atoms with E-state index in [2.05, 4.69) is 0 Å². The maximum atomic E-state index is 5.72. The number of halogens is 2.